The monoisotopic (exact) mass is 374 g/mol. The van der Waals surface area contributed by atoms with Gasteiger partial charge in [0.05, 0.1) is 4.90 Å². The van der Waals surface area contributed by atoms with Gasteiger partial charge < -0.3 is 5.32 Å². The van der Waals surface area contributed by atoms with Crippen LogP contribution in [0.25, 0.3) is 0 Å². The van der Waals surface area contributed by atoms with Gasteiger partial charge in [0.25, 0.3) is 5.91 Å². The number of amides is 1. The molecule has 2 N–H and O–H groups in total. The zero-order valence-corrected chi connectivity index (χ0v) is 15.9. The molecule has 0 radical (unpaired) electrons. The van der Waals surface area contributed by atoms with E-state index in [9.17, 15) is 13.2 Å². The number of rotatable bonds is 10. The molecule has 0 aliphatic carbocycles. The molecule has 0 unspecified atom stereocenters. The van der Waals surface area contributed by atoms with E-state index < -0.39 is 10.0 Å². The van der Waals surface area contributed by atoms with E-state index in [0.29, 0.717) is 18.7 Å². The Kier molecular flexibility index (Phi) is 7.81. The van der Waals surface area contributed by atoms with Gasteiger partial charge in [-0.25, -0.2) is 13.1 Å². The van der Waals surface area contributed by atoms with Gasteiger partial charge in [0.2, 0.25) is 10.0 Å². The number of nitrogens with one attached hydrogen (secondary N) is 2. The van der Waals surface area contributed by atoms with Gasteiger partial charge in [0.1, 0.15) is 0 Å². The maximum Gasteiger partial charge on any atom is 0.251 e. The Morgan fingerprint density at radius 1 is 0.923 bits per heavy atom. The molecule has 2 aromatic rings. The molecule has 0 aliphatic heterocycles. The average Bonchev–Trinajstić information content (AvgIpc) is 2.66. The Hall–Kier alpha value is -2.18. The summed E-state index contributed by atoms with van der Waals surface area (Å²) in [6.07, 6.45) is 3.47. The molecular formula is C20H26N2O3S. The molecule has 0 fully saturated rings. The lowest BCUT2D eigenvalue weighted by Crippen LogP contribution is -2.26. The normalized spacial score (nSPS) is 11.3. The Morgan fingerprint density at radius 3 is 2.27 bits per heavy atom. The quantitative estimate of drug-likeness (QED) is 0.628. The lowest BCUT2D eigenvalue weighted by Gasteiger charge is -2.08. The summed E-state index contributed by atoms with van der Waals surface area (Å²) in [5, 5.41) is 2.87. The molecule has 1 amide bonds. The van der Waals surface area contributed by atoms with Crippen molar-refractivity contribution in [1.29, 1.82) is 0 Å². The minimum atomic E-state index is -3.51. The van der Waals surface area contributed by atoms with E-state index in [1.54, 1.807) is 12.1 Å². The van der Waals surface area contributed by atoms with Crippen LogP contribution in [0.4, 0.5) is 0 Å². The van der Waals surface area contributed by atoms with Crippen LogP contribution in [0.2, 0.25) is 0 Å². The second kappa shape index (κ2) is 10.1. The van der Waals surface area contributed by atoms with E-state index in [2.05, 4.69) is 22.2 Å². The van der Waals surface area contributed by atoms with Crippen molar-refractivity contribution in [1.82, 2.24) is 10.0 Å². The molecule has 0 aliphatic rings. The minimum Gasteiger partial charge on any atom is -0.352 e. The summed E-state index contributed by atoms with van der Waals surface area (Å²) in [6, 6.07) is 16.1. The SMILES string of the molecule is CCCCNS(=O)(=O)c1ccc(C(=O)NCCCc2ccccc2)cc1. The number of aryl methyl sites for hydroxylation is 1. The fourth-order valence-electron chi connectivity index (χ4n) is 2.49. The largest absolute Gasteiger partial charge is 0.352 e. The number of hydrogen-bond acceptors (Lipinski definition) is 3. The van der Waals surface area contributed by atoms with Crippen LogP contribution in [0, 0.1) is 0 Å². The van der Waals surface area contributed by atoms with Crippen LogP contribution in [0.3, 0.4) is 0 Å². The molecule has 140 valence electrons. The van der Waals surface area contributed by atoms with Crippen LogP contribution in [0.15, 0.2) is 59.5 Å². The third kappa shape index (κ3) is 6.28. The van der Waals surface area contributed by atoms with Crippen molar-refractivity contribution in [2.45, 2.75) is 37.5 Å². The smallest absolute Gasteiger partial charge is 0.251 e. The predicted molar refractivity (Wildman–Crippen MR) is 104 cm³/mol. The number of unbranched alkanes of at least 4 members (excludes halogenated alkanes) is 1. The van der Waals surface area contributed by atoms with Gasteiger partial charge in [-0.3, -0.25) is 4.79 Å². The van der Waals surface area contributed by atoms with Crippen molar-refractivity contribution in [2.24, 2.45) is 0 Å². The summed E-state index contributed by atoms with van der Waals surface area (Å²) in [5.74, 6) is -0.194. The molecule has 2 rings (SSSR count). The first-order valence-corrected chi connectivity index (χ1v) is 10.4. The Bertz CT molecular complexity index is 788. The Morgan fingerprint density at radius 2 is 1.62 bits per heavy atom. The highest BCUT2D eigenvalue weighted by Crippen LogP contribution is 2.11. The summed E-state index contributed by atoms with van der Waals surface area (Å²) in [7, 11) is -3.51. The highest BCUT2D eigenvalue weighted by Gasteiger charge is 2.14. The highest BCUT2D eigenvalue weighted by molar-refractivity contribution is 7.89. The van der Waals surface area contributed by atoms with Crippen molar-refractivity contribution in [3.05, 3.63) is 65.7 Å². The Balaban J connectivity index is 1.82. The van der Waals surface area contributed by atoms with E-state index in [4.69, 9.17) is 0 Å². The second-order valence-electron chi connectivity index (χ2n) is 6.12. The van der Waals surface area contributed by atoms with E-state index >= 15 is 0 Å². The van der Waals surface area contributed by atoms with Gasteiger partial charge in [0.15, 0.2) is 0 Å². The fourth-order valence-corrected chi connectivity index (χ4v) is 3.57. The zero-order valence-electron chi connectivity index (χ0n) is 15.1. The maximum atomic E-state index is 12.2. The molecule has 0 atom stereocenters. The lowest BCUT2D eigenvalue weighted by molar-refractivity contribution is 0.0953. The van der Waals surface area contributed by atoms with Crippen molar-refractivity contribution in [2.75, 3.05) is 13.1 Å². The molecule has 5 nitrogen and oxygen atoms in total. The topological polar surface area (TPSA) is 75.3 Å². The standard InChI is InChI=1S/C20H26N2O3S/c1-2-3-16-22-26(24,25)19-13-11-18(12-14-19)20(23)21-15-7-10-17-8-5-4-6-9-17/h4-6,8-9,11-14,22H,2-3,7,10,15-16H2,1H3,(H,21,23). The van der Waals surface area contributed by atoms with Crippen LogP contribution >= 0.6 is 0 Å². The molecule has 0 saturated carbocycles. The van der Waals surface area contributed by atoms with Crippen molar-refractivity contribution < 1.29 is 13.2 Å². The third-order valence-electron chi connectivity index (χ3n) is 4.02. The van der Waals surface area contributed by atoms with Crippen molar-refractivity contribution in [3.8, 4) is 0 Å². The zero-order chi connectivity index (χ0) is 18.8. The third-order valence-corrected chi connectivity index (χ3v) is 5.50. The van der Waals surface area contributed by atoms with Crippen molar-refractivity contribution >= 4 is 15.9 Å². The molecule has 0 bridgehead atoms. The summed E-state index contributed by atoms with van der Waals surface area (Å²) in [4.78, 5) is 12.3. The molecule has 0 saturated heterocycles. The van der Waals surface area contributed by atoms with Gasteiger partial charge in [0, 0.05) is 18.7 Å². The number of benzene rings is 2. The molecule has 0 heterocycles. The number of carbonyl (C=O) groups excluding carboxylic acids is 1. The number of carbonyl (C=O) groups is 1. The van der Waals surface area contributed by atoms with Crippen LogP contribution in [-0.2, 0) is 16.4 Å². The van der Waals surface area contributed by atoms with Crippen LogP contribution in [0.5, 0.6) is 0 Å². The van der Waals surface area contributed by atoms with Crippen LogP contribution < -0.4 is 10.0 Å². The molecule has 26 heavy (non-hydrogen) atoms. The van der Waals surface area contributed by atoms with Crippen molar-refractivity contribution in [3.63, 3.8) is 0 Å². The molecule has 2 aromatic carbocycles. The van der Waals surface area contributed by atoms with Gasteiger partial charge in [-0.05, 0) is 49.1 Å². The molecule has 0 spiro atoms. The first-order chi connectivity index (χ1) is 12.5. The minimum absolute atomic E-state index is 0.175. The number of hydrogen-bond donors (Lipinski definition) is 2. The maximum absolute atomic E-state index is 12.2. The highest BCUT2D eigenvalue weighted by atomic mass is 32.2. The summed E-state index contributed by atoms with van der Waals surface area (Å²) >= 11 is 0. The summed E-state index contributed by atoms with van der Waals surface area (Å²) < 4.78 is 26.8. The second-order valence-corrected chi connectivity index (χ2v) is 7.89. The first kappa shape index (κ1) is 20.1. The summed E-state index contributed by atoms with van der Waals surface area (Å²) in [6.45, 7) is 3.00. The predicted octanol–water partition coefficient (Wildman–Crippen LogP) is 3.13. The molecule has 6 heteroatoms. The van der Waals surface area contributed by atoms with Gasteiger partial charge in [-0.1, -0.05) is 43.7 Å². The average molecular weight is 375 g/mol. The van der Waals surface area contributed by atoms with E-state index in [0.717, 1.165) is 25.7 Å². The van der Waals surface area contributed by atoms with Crippen LogP contribution in [-0.4, -0.2) is 27.4 Å². The van der Waals surface area contributed by atoms with Gasteiger partial charge in [-0.15, -0.1) is 0 Å². The molecule has 0 aromatic heterocycles. The van der Waals surface area contributed by atoms with E-state index in [1.165, 1.54) is 17.7 Å². The van der Waals surface area contributed by atoms with Gasteiger partial charge in [-0.2, -0.15) is 0 Å². The van der Waals surface area contributed by atoms with Gasteiger partial charge >= 0.3 is 0 Å². The molecular weight excluding hydrogens is 348 g/mol. The van der Waals surface area contributed by atoms with E-state index in [1.807, 2.05) is 25.1 Å². The fraction of sp³-hybridized carbons (Fsp3) is 0.350. The van der Waals surface area contributed by atoms with Crippen LogP contribution in [0.1, 0.15) is 42.1 Å². The summed E-state index contributed by atoms with van der Waals surface area (Å²) in [5.41, 5.74) is 1.70. The first-order valence-electron chi connectivity index (χ1n) is 8.95. The Labute approximate surface area is 155 Å². The van der Waals surface area contributed by atoms with E-state index in [-0.39, 0.29) is 10.8 Å². The number of sulfonamides is 1. The lowest BCUT2D eigenvalue weighted by atomic mass is 10.1.